The number of fused-ring (bicyclic) bond motifs is 1. The molecule has 0 radical (unpaired) electrons. The molecule has 0 fully saturated rings. The number of rotatable bonds is 4. The second-order valence-electron chi connectivity index (χ2n) is 6.10. The quantitative estimate of drug-likeness (QED) is 0.640. The molecule has 7 heteroatoms. The molecule has 3 rings (SSSR count). The Morgan fingerprint density at radius 2 is 2.12 bits per heavy atom. The number of nitrogens with one attached hydrogen (secondary N) is 1. The number of nitrogens with zero attached hydrogens (tertiary/aromatic N) is 4. The van der Waals surface area contributed by atoms with Crippen LogP contribution in [0.1, 0.15) is 5.56 Å². The number of hydrogen-bond donors (Lipinski definition) is 2. The number of aliphatic imine (C=N–C) groups is 1. The van der Waals surface area contributed by atoms with Gasteiger partial charge in [-0.25, -0.2) is 4.98 Å². The zero-order valence-electron chi connectivity index (χ0n) is 15.0. The van der Waals surface area contributed by atoms with Gasteiger partial charge in [-0.3, -0.25) is 9.98 Å². The SMILES string of the molecule is CN=CC(=C(N)C1=CC=C(N(C)C)NC1)c1cnc2ccc(Cl)nc2c1. The highest BCUT2D eigenvalue weighted by Crippen LogP contribution is 2.23. The van der Waals surface area contributed by atoms with Gasteiger partial charge in [0.05, 0.1) is 11.0 Å². The van der Waals surface area contributed by atoms with Crippen LogP contribution in [0.5, 0.6) is 0 Å². The van der Waals surface area contributed by atoms with E-state index in [-0.39, 0.29) is 0 Å². The first-order valence-electron chi connectivity index (χ1n) is 8.16. The van der Waals surface area contributed by atoms with Crippen molar-refractivity contribution in [3.05, 3.63) is 64.4 Å². The lowest BCUT2D eigenvalue weighted by atomic mass is 10.00. The highest BCUT2D eigenvalue weighted by atomic mass is 35.5. The summed E-state index contributed by atoms with van der Waals surface area (Å²) in [4.78, 5) is 15.0. The first-order valence-corrected chi connectivity index (χ1v) is 8.54. The van der Waals surface area contributed by atoms with Crippen molar-refractivity contribution in [3.8, 4) is 0 Å². The van der Waals surface area contributed by atoms with Crippen LogP contribution in [-0.2, 0) is 0 Å². The average Bonchev–Trinajstić information content (AvgIpc) is 2.65. The lowest BCUT2D eigenvalue weighted by Gasteiger charge is -2.23. The average molecular weight is 369 g/mol. The third kappa shape index (κ3) is 3.70. The molecule has 134 valence electrons. The van der Waals surface area contributed by atoms with Crippen LogP contribution >= 0.6 is 11.6 Å². The van der Waals surface area contributed by atoms with E-state index in [0.717, 1.165) is 33.6 Å². The van der Waals surface area contributed by atoms with Crippen molar-refractivity contribution in [2.24, 2.45) is 10.7 Å². The molecule has 2 aromatic heterocycles. The molecule has 1 aliphatic heterocycles. The largest absolute Gasteiger partial charge is 0.398 e. The smallest absolute Gasteiger partial charge is 0.129 e. The standard InChI is InChI=1S/C19H21ClN6/c1-22-11-14(19(21)12-4-7-18(24-9-12)26(2)3)13-8-16-15(23-10-13)5-6-17(20)25-16/h4-8,10-11,24H,9,21H2,1-3H3. The molecule has 0 saturated heterocycles. The summed E-state index contributed by atoms with van der Waals surface area (Å²) in [7, 11) is 5.70. The molecule has 6 nitrogen and oxygen atoms in total. The molecular weight excluding hydrogens is 348 g/mol. The maximum absolute atomic E-state index is 6.47. The van der Waals surface area contributed by atoms with Gasteiger partial charge >= 0.3 is 0 Å². The van der Waals surface area contributed by atoms with Gasteiger partial charge in [-0.05, 0) is 29.8 Å². The predicted octanol–water partition coefficient (Wildman–Crippen LogP) is 2.59. The first kappa shape index (κ1) is 17.9. The van der Waals surface area contributed by atoms with Gasteiger partial charge in [0.2, 0.25) is 0 Å². The minimum Gasteiger partial charge on any atom is -0.398 e. The van der Waals surface area contributed by atoms with E-state index < -0.39 is 0 Å². The number of pyridine rings is 2. The molecule has 3 N–H and O–H groups in total. The van der Waals surface area contributed by atoms with E-state index in [9.17, 15) is 0 Å². The zero-order chi connectivity index (χ0) is 18.7. The van der Waals surface area contributed by atoms with E-state index >= 15 is 0 Å². The van der Waals surface area contributed by atoms with E-state index in [2.05, 4.69) is 20.3 Å². The number of allylic oxidation sites excluding steroid dienone is 3. The van der Waals surface area contributed by atoms with Gasteiger partial charge in [-0.1, -0.05) is 17.7 Å². The monoisotopic (exact) mass is 368 g/mol. The molecule has 0 spiro atoms. The van der Waals surface area contributed by atoms with Gasteiger partial charge in [0.25, 0.3) is 0 Å². The number of aromatic nitrogens is 2. The minimum absolute atomic E-state index is 0.430. The van der Waals surface area contributed by atoms with E-state index in [1.165, 1.54) is 0 Å². The van der Waals surface area contributed by atoms with Crippen molar-refractivity contribution >= 4 is 34.4 Å². The summed E-state index contributed by atoms with van der Waals surface area (Å²) in [6, 6.07) is 5.49. The van der Waals surface area contributed by atoms with Crippen LogP contribution in [0.2, 0.25) is 5.15 Å². The molecule has 0 bridgehead atoms. The summed E-state index contributed by atoms with van der Waals surface area (Å²) in [5, 5.41) is 3.78. The summed E-state index contributed by atoms with van der Waals surface area (Å²) in [6.07, 6.45) is 7.55. The van der Waals surface area contributed by atoms with Crippen LogP contribution in [0.3, 0.4) is 0 Å². The molecule has 0 aromatic carbocycles. The van der Waals surface area contributed by atoms with Crippen molar-refractivity contribution in [1.82, 2.24) is 20.2 Å². The minimum atomic E-state index is 0.430. The van der Waals surface area contributed by atoms with E-state index in [1.54, 1.807) is 25.5 Å². The van der Waals surface area contributed by atoms with Crippen LogP contribution in [0.4, 0.5) is 0 Å². The predicted molar refractivity (Wildman–Crippen MR) is 108 cm³/mol. The van der Waals surface area contributed by atoms with Crippen molar-refractivity contribution in [2.45, 2.75) is 0 Å². The van der Waals surface area contributed by atoms with Crippen molar-refractivity contribution in [3.63, 3.8) is 0 Å². The van der Waals surface area contributed by atoms with Gasteiger partial charge < -0.3 is 16.0 Å². The molecule has 26 heavy (non-hydrogen) atoms. The number of halogens is 1. The number of hydrogen-bond acceptors (Lipinski definition) is 6. The summed E-state index contributed by atoms with van der Waals surface area (Å²) in [6.45, 7) is 0.641. The second-order valence-corrected chi connectivity index (χ2v) is 6.49. The van der Waals surface area contributed by atoms with Crippen LogP contribution in [0.15, 0.2) is 58.6 Å². The van der Waals surface area contributed by atoms with Crippen molar-refractivity contribution in [2.75, 3.05) is 27.7 Å². The molecule has 0 atom stereocenters. The zero-order valence-corrected chi connectivity index (χ0v) is 15.7. The Bertz CT molecular complexity index is 956. The summed E-state index contributed by atoms with van der Waals surface area (Å²) in [5.74, 6) is 1.04. The molecule has 0 unspecified atom stereocenters. The van der Waals surface area contributed by atoms with Crippen LogP contribution in [0.25, 0.3) is 16.6 Å². The maximum atomic E-state index is 6.47. The Kier molecular flexibility index (Phi) is 5.23. The van der Waals surface area contributed by atoms with E-state index in [1.807, 2.05) is 43.3 Å². The fourth-order valence-electron chi connectivity index (χ4n) is 2.71. The topological polar surface area (TPSA) is 79.4 Å². The Balaban J connectivity index is 2.07. The third-order valence-electron chi connectivity index (χ3n) is 4.09. The number of nitrogens with two attached hydrogens (primary N) is 1. The molecule has 0 aliphatic carbocycles. The first-order chi connectivity index (χ1) is 12.5. The van der Waals surface area contributed by atoms with Crippen molar-refractivity contribution < 1.29 is 0 Å². The van der Waals surface area contributed by atoms with Gasteiger partial charge in [-0.2, -0.15) is 0 Å². The van der Waals surface area contributed by atoms with E-state index in [0.29, 0.717) is 17.4 Å². The Hall–Kier alpha value is -2.86. The Labute approximate surface area is 157 Å². The molecule has 0 amide bonds. The Morgan fingerprint density at radius 1 is 1.31 bits per heavy atom. The molecular formula is C19H21ClN6. The number of dihydropyridines is 1. The summed E-state index contributed by atoms with van der Waals surface area (Å²) in [5.41, 5.74) is 11.3. The normalized spacial score (nSPS) is 15.4. The van der Waals surface area contributed by atoms with Gasteiger partial charge in [-0.15, -0.1) is 0 Å². The maximum Gasteiger partial charge on any atom is 0.129 e. The van der Waals surface area contributed by atoms with Crippen LogP contribution in [0, 0.1) is 0 Å². The van der Waals surface area contributed by atoms with Gasteiger partial charge in [0, 0.05) is 56.9 Å². The molecule has 3 heterocycles. The highest BCUT2D eigenvalue weighted by Gasteiger charge is 2.14. The van der Waals surface area contributed by atoms with Crippen LogP contribution in [-0.4, -0.2) is 48.8 Å². The lowest BCUT2D eigenvalue weighted by molar-refractivity contribution is 0.464. The fraction of sp³-hybridized carbons (Fsp3) is 0.211. The summed E-state index contributed by atoms with van der Waals surface area (Å²) < 4.78 is 0. The fourth-order valence-corrected chi connectivity index (χ4v) is 2.86. The van der Waals surface area contributed by atoms with Gasteiger partial charge in [0.1, 0.15) is 11.0 Å². The lowest BCUT2D eigenvalue weighted by Crippen LogP contribution is -2.30. The molecule has 0 saturated carbocycles. The summed E-state index contributed by atoms with van der Waals surface area (Å²) >= 11 is 6.01. The highest BCUT2D eigenvalue weighted by molar-refractivity contribution is 6.29. The Morgan fingerprint density at radius 3 is 2.77 bits per heavy atom. The van der Waals surface area contributed by atoms with E-state index in [4.69, 9.17) is 17.3 Å². The second kappa shape index (κ2) is 7.58. The molecule has 1 aliphatic rings. The van der Waals surface area contributed by atoms with Crippen molar-refractivity contribution in [1.29, 1.82) is 0 Å². The molecule has 2 aromatic rings. The third-order valence-corrected chi connectivity index (χ3v) is 4.30. The van der Waals surface area contributed by atoms with Crippen LogP contribution < -0.4 is 11.1 Å². The van der Waals surface area contributed by atoms with Gasteiger partial charge in [0.15, 0.2) is 0 Å².